The summed E-state index contributed by atoms with van der Waals surface area (Å²) in [4.78, 5) is 46.9. The molecule has 2 aromatic carbocycles. The molecule has 2 aromatic heterocycles. The maximum atomic E-state index is 14.0. The van der Waals surface area contributed by atoms with Crippen LogP contribution in [0.25, 0.3) is 11.8 Å². The van der Waals surface area contributed by atoms with Crippen molar-refractivity contribution in [1.82, 2.24) is 4.57 Å². The molecule has 0 bridgehead atoms. The molecule has 10 heteroatoms. The van der Waals surface area contributed by atoms with E-state index in [4.69, 9.17) is 9.73 Å². The van der Waals surface area contributed by atoms with Gasteiger partial charge in [-0.1, -0.05) is 65.9 Å². The van der Waals surface area contributed by atoms with E-state index in [1.807, 2.05) is 78.2 Å². The number of benzene rings is 2. The molecule has 2 aliphatic rings. The number of esters is 1. The van der Waals surface area contributed by atoms with Gasteiger partial charge in [-0.05, 0) is 43.5 Å². The molecular formula is C30H24N4O4S2. The summed E-state index contributed by atoms with van der Waals surface area (Å²) in [7, 11) is 0. The van der Waals surface area contributed by atoms with Crippen LogP contribution in [0.4, 0.5) is 5.69 Å². The van der Waals surface area contributed by atoms with Crippen LogP contribution in [0.2, 0.25) is 0 Å². The second-order valence-electron chi connectivity index (χ2n) is 9.17. The molecule has 0 N–H and O–H groups in total. The highest BCUT2D eigenvalue weighted by atomic mass is 32.1. The van der Waals surface area contributed by atoms with Crippen molar-refractivity contribution < 1.29 is 14.3 Å². The van der Waals surface area contributed by atoms with Crippen molar-refractivity contribution in [3.05, 3.63) is 114 Å². The minimum Gasteiger partial charge on any atom is -0.463 e. The Morgan fingerprint density at radius 2 is 1.75 bits per heavy atom. The topological polar surface area (TPSA) is 93.3 Å². The number of para-hydroxylation sites is 1. The molecule has 4 aromatic rings. The van der Waals surface area contributed by atoms with E-state index in [1.54, 1.807) is 24.5 Å². The Labute approximate surface area is 237 Å². The molecule has 0 radical (unpaired) electrons. The van der Waals surface area contributed by atoms with Crippen molar-refractivity contribution >= 4 is 57.7 Å². The summed E-state index contributed by atoms with van der Waals surface area (Å²) in [6, 6.07) is 21.7. The molecule has 2 aliphatic heterocycles. The van der Waals surface area contributed by atoms with E-state index in [0.717, 1.165) is 10.4 Å². The van der Waals surface area contributed by atoms with E-state index < -0.39 is 17.9 Å². The van der Waals surface area contributed by atoms with Gasteiger partial charge in [-0.2, -0.15) is 10.1 Å². The average Bonchev–Trinajstić information content (AvgIpc) is 3.69. The van der Waals surface area contributed by atoms with Crippen molar-refractivity contribution in [2.24, 2.45) is 16.0 Å². The summed E-state index contributed by atoms with van der Waals surface area (Å²) in [5.41, 5.74) is 2.45. The van der Waals surface area contributed by atoms with Crippen LogP contribution in [0.1, 0.15) is 30.3 Å². The van der Waals surface area contributed by atoms with Gasteiger partial charge < -0.3 is 4.74 Å². The van der Waals surface area contributed by atoms with Gasteiger partial charge in [0.1, 0.15) is 12.0 Å². The number of aromatic nitrogens is 1. The van der Waals surface area contributed by atoms with Crippen LogP contribution in [-0.2, 0) is 14.3 Å². The highest BCUT2D eigenvalue weighted by Crippen LogP contribution is 2.37. The Bertz CT molecular complexity index is 1840. The van der Waals surface area contributed by atoms with Crippen LogP contribution in [0, 0.1) is 5.92 Å². The molecule has 40 heavy (non-hydrogen) atoms. The standard InChI is InChI=1S/C30H24N4O4S2/c1-3-38-29(37)24-25(19-11-6-4-7-12-19)31-30-33(26(24)22-15-10-16-39-22)28(36)23(40-30)17-21-18(2)32-34(27(21)35)20-13-8-5-9-14-20/h4-17,21,26H,3H2,1-2H3/b23-17+/t21-,26+/m1/s1. The fourth-order valence-electron chi connectivity index (χ4n) is 4.85. The fourth-order valence-corrected chi connectivity index (χ4v) is 6.68. The number of anilines is 1. The van der Waals surface area contributed by atoms with Crippen molar-refractivity contribution in [1.29, 1.82) is 0 Å². The van der Waals surface area contributed by atoms with Crippen LogP contribution < -0.4 is 19.9 Å². The third-order valence-electron chi connectivity index (χ3n) is 6.69. The summed E-state index contributed by atoms with van der Waals surface area (Å²) in [6.45, 7) is 3.71. The van der Waals surface area contributed by atoms with E-state index in [2.05, 4.69) is 5.10 Å². The lowest BCUT2D eigenvalue weighted by molar-refractivity contribution is -0.138. The molecule has 0 unspecified atom stereocenters. The molecule has 2 atom stereocenters. The minimum atomic E-state index is -0.720. The number of hydrazone groups is 1. The molecule has 8 nitrogen and oxygen atoms in total. The van der Waals surface area contributed by atoms with Crippen LogP contribution in [0.15, 0.2) is 98.6 Å². The van der Waals surface area contributed by atoms with Crippen molar-refractivity contribution in [2.75, 3.05) is 11.6 Å². The van der Waals surface area contributed by atoms with Gasteiger partial charge in [-0.15, -0.1) is 11.3 Å². The Balaban J connectivity index is 1.53. The summed E-state index contributed by atoms with van der Waals surface area (Å²) in [5.74, 6) is -1.45. The van der Waals surface area contributed by atoms with Crippen molar-refractivity contribution in [3.63, 3.8) is 0 Å². The van der Waals surface area contributed by atoms with Gasteiger partial charge in [0.25, 0.3) is 11.5 Å². The minimum absolute atomic E-state index is 0.187. The van der Waals surface area contributed by atoms with E-state index in [-0.39, 0.29) is 18.1 Å². The number of amides is 1. The number of hydrogen-bond acceptors (Lipinski definition) is 8. The Morgan fingerprint density at radius 1 is 1.02 bits per heavy atom. The number of fused-ring (bicyclic) bond motifs is 1. The Morgan fingerprint density at radius 3 is 2.42 bits per heavy atom. The lowest BCUT2D eigenvalue weighted by atomic mass is 9.97. The second kappa shape index (κ2) is 10.6. The number of carbonyl (C=O) groups excluding carboxylic acids is 2. The molecule has 0 spiro atoms. The normalized spacial score (nSPS) is 18.9. The van der Waals surface area contributed by atoms with Gasteiger partial charge in [0.05, 0.1) is 33.8 Å². The first-order valence-electron chi connectivity index (χ1n) is 12.7. The smallest absolute Gasteiger partial charge is 0.338 e. The predicted octanol–water partition coefficient (Wildman–Crippen LogP) is 3.99. The van der Waals surface area contributed by atoms with Crippen LogP contribution in [-0.4, -0.2) is 28.8 Å². The number of rotatable bonds is 6. The van der Waals surface area contributed by atoms with Crippen molar-refractivity contribution in [2.45, 2.75) is 19.9 Å². The molecule has 0 saturated carbocycles. The maximum Gasteiger partial charge on any atom is 0.338 e. The first-order chi connectivity index (χ1) is 19.5. The maximum absolute atomic E-state index is 14.0. The molecule has 200 valence electrons. The number of thiophene rings is 1. The zero-order valence-electron chi connectivity index (χ0n) is 21.7. The Kier molecular flexibility index (Phi) is 6.87. The van der Waals surface area contributed by atoms with Gasteiger partial charge >= 0.3 is 5.97 Å². The number of nitrogens with zero attached hydrogens (tertiary/aromatic N) is 4. The van der Waals surface area contributed by atoms with Gasteiger partial charge in [0, 0.05) is 10.4 Å². The number of hydrogen-bond donors (Lipinski definition) is 0. The Hall–Kier alpha value is -4.41. The monoisotopic (exact) mass is 568 g/mol. The van der Waals surface area contributed by atoms with Gasteiger partial charge in [-0.3, -0.25) is 14.2 Å². The molecule has 1 amide bonds. The third kappa shape index (κ3) is 4.44. The zero-order chi connectivity index (χ0) is 27.8. The zero-order valence-corrected chi connectivity index (χ0v) is 23.3. The van der Waals surface area contributed by atoms with Gasteiger partial charge in [-0.25, -0.2) is 9.79 Å². The van der Waals surface area contributed by atoms with E-state index >= 15 is 0 Å². The number of carbonyl (C=O) groups is 2. The summed E-state index contributed by atoms with van der Waals surface area (Å²) < 4.78 is 7.38. The number of ether oxygens (including phenoxy) is 1. The molecule has 4 heterocycles. The highest BCUT2D eigenvalue weighted by Gasteiger charge is 2.37. The fraction of sp³-hybridized carbons (Fsp3) is 0.167. The number of thiazole rings is 1. The van der Waals surface area contributed by atoms with E-state index in [1.165, 1.54) is 27.7 Å². The molecular weight excluding hydrogens is 544 g/mol. The van der Waals surface area contributed by atoms with Crippen LogP contribution >= 0.6 is 22.7 Å². The van der Waals surface area contributed by atoms with Crippen LogP contribution in [0.5, 0.6) is 0 Å². The highest BCUT2D eigenvalue weighted by molar-refractivity contribution is 7.10. The van der Waals surface area contributed by atoms with E-state index in [9.17, 15) is 14.4 Å². The third-order valence-corrected chi connectivity index (χ3v) is 8.61. The quantitative estimate of drug-likeness (QED) is 0.329. The van der Waals surface area contributed by atoms with Crippen LogP contribution in [0.3, 0.4) is 0 Å². The summed E-state index contributed by atoms with van der Waals surface area (Å²) >= 11 is 2.65. The molecule has 0 aliphatic carbocycles. The first kappa shape index (κ1) is 25.8. The first-order valence-corrected chi connectivity index (χ1v) is 14.4. The average molecular weight is 569 g/mol. The van der Waals surface area contributed by atoms with Crippen molar-refractivity contribution in [3.8, 4) is 0 Å². The lowest BCUT2D eigenvalue weighted by Gasteiger charge is -2.24. The SMILES string of the molecule is CCOC(=O)C1=C(c2ccccc2)N=c2s/c(=C/[C@H]3C(=O)N(c4ccccc4)N=C3C)c(=O)n2[C@H]1c1cccs1. The second-order valence-corrected chi connectivity index (χ2v) is 11.2. The largest absolute Gasteiger partial charge is 0.463 e. The summed E-state index contributed by atoms with van der Waals surface area (Å²) in [6.07, 6.45) is 1.66. The van der Waals surface area contributed by atoms with Gasteiger partial charge in [0.2, 0.25) is 0 Å². The van der Waals surface area contributed by atoms with Gasteiger partial charge in [0.15, 0.2) is 4.80 Å². The van der Waals surface area contributed by atoms with E-state index in [0.29, 0.717) is 32.0 Å². The molecule has 0 fully saturated rings. The molecule has 0 saturated heterocycles. The molecule has 6 rings (SSSR count). The summed E-state index contributed by atoms with van der Waals surface area (Å²) in [5, 5.41) is 7.74. The predicted molar refractivity (Wildman–Crippen MR) is 157 cm³/mol. The lowest BCUT2D eigenvalue weighted by Crippen LogP contribution is -2.40.